The number of nitrogens with one attached hydrogen (secondary N) is 1. The van der Waals surface area contributed by atoms with Crippen LogP contribution in [0.25, 0.3) is 27.6 Å². The molecule has 198 valence electrons. The Morgan fingerprint density at radius 3 is 2.89 bits per heavy atom. The third kappa shape index (κ3) is 4.41. The second-order valence-corrected chi connectivity index (χ2v) is 12.0. The number of carbonyl (C=O) groups is 1. The van der Waals surface area contributed by atoms with Gasteiger partial charge in [-0.05, 0) is 47.3 Å². The van der Waals surface area contributed by atoms with E-state index in [1.54, 1.807) is 23.1 Å². The molecule has 1 aliphatic heterocycles. The molecule has 2 fully saturated rings. The van der Waals surface area contributed by atoms with Crippen LogP contribution in [0.1, 0.15) is 33.1 Å². The first-order valence-corrected chi connectivity index (χ1v) is 13.5. The lowest BCUT2D eigenvalue weighted by Gasteiger charge is -2.42. The maximum Gasteiger partial charge on any atom is 0.228 e. The van der Waals surface area contributed by atoms with Crippen molar-refractivity contribution >= 4 is 49.7 Å². The van der Waals surface area contributed by atoms with Crippen LogP contribution in [0.15, 0.2) is 41.3 Å². The Morgan fingerprint density at radius 1 is 1.32 bits per heavy atom. The summed E-state index contributed by atoms with van der Waals surface area (Å²) in [5.74, 6) is 0.188. The molecule has 11 heteroatoms. The fraction of sp³-hybridized carbons (Fsp3) is 0.444. The minimum absolute atomic E-state index is 0.0436. The molecule has 0 bridgehead atoms. The number of pyridine rings is 1. The zero-order valence-electron chi connectivity index (χ0n) is 21.5. The summed E-state index contributed by atoms with van der Waals surface area (Å²) >= 11 is 3.48. The molecule has 1 amide bonds. The summed E-state index contributed by atoms with van der Waals surface area (Å²) in [4.78, 5) is 28.6. The fourth-order valence-electron chi connectivity index (χ4n) is 5.76. The molecule has 1 saturated carbocycles. The van der Waals surface area contributed by atoms with Gasteiger partial charge in [-0.1, -0.05) is 19.9 Å². The minimum Gasteiger partial charge on any atom is -0.380 e. The molecule has 1 unspecified atom stereocenters. The highest BCUT2D eigenvalue weighted by molar-refractivity contribution is 9.10. The van der Waals surface area contributed by atoms with Gasteiger partial charge in [-0.3, -0.25) is 9.78 Å². The first kappa shape index (κ1) is 25.1. The lowest BCUT2D eigenvalue weighted by molar-refractivity contribution is -0.150. The van der Waals surface area contributed by atoms with E-state index in [1.807, 2.05) is 31.0 Å². The molecule has 38 heavy (non-hydrogen) atoms. The SMILES string of the molecule is CN(CC1(C)COC1)C(=O)C1(C)CC[C@@H](Nc2ncc3c(Br)nn(-c4cc(F)c5ncccc5c4)c3n2)C1. The van der Waals surface area contributed by atoms with Gasteiger partial charge in [-0.15, -0.1) is 0 Å². The molecule has 2 atom stereocenters. The van der Waals surface area contributed by atoms with Crippen molar-refractivity contribution in [3.8, 4) is 5.69 Å². The van der Waals surface area contributed by atoms with Crippen LogP contribution < -0.4 is 5.32 Å². The van der Waals surface area contributed by atoms with Crippen molar-refractivity contribution in [1.82, 2.24) is 29.6 Å². The van der Waals surface area contributed by atoms with E-state index in [9.17, 15) is 9.18 Å². The fourth-order valence-corrected chi connectivity index (χ4v) is 6.20. The third-order valence-electron chi connectivity index (χ3n) is 7.72. The van der Waals surface area contributed by atoms with Crippen molar-refractivity contribution < 1.29 is 13.9 Å². The van der Waals surface area contributed by atoms with E-state index in [0.29, 0.717) is 64.4 Å². The number of hydrogen-bond acceptors (Lipinski definition) is 7. The standard InChI is InChI=1S/C27H29BrFN7O2/c1-26(14-38-15-26)13-35(3)24(37)27(2)7-6-17(11-27)32-25-31-12-19-22(28)34-36(23(19)33-25)18-9-16-5-4-8-30-21(16)20(29)10-18/h4-5,8-10,12,17H,6-7,11,13-15H2,1-3H3,(H,31,32,33)/t17-,27?/m1/s1. The van der Waals surface area contributed by atoms with Crippen LogP contribution in [0.2, 0.25) is 0 Å². The topological polar surface area (TPSA) is 98.1 Å². The second-order valence-electron chi connectivity index (χ2n) is 11.2. The minimum atomic E-state index is -0.445. The molecular formula is C27H29BrFN7O2. The van der Waals surface area contributed by atoms with Crippen LogP contribution in [0, 0.1) is 16.6 Å². The van der Waals surface area contributed by atoms with Gasteiger partial charge < -0.3 is 15.0 Å². The number of hydrogen-bond donors (Lipinski definition) is 1. The van der Waals surface area contributed by atoms with Crippen LogP contribution in [0.3, 0.4) is 0 Å². The molecule has 2 aliphatic rings. The van der Waals surface area contributed by atoms with E-state index < -0.39 is 11.2 Å². The monoisotopic (exact) mass is 581 g/mol. The number of benzene rings is 1. The highest BCUT2D eigenvalue weighted by Gasteiger charge is 2.45. The van der Waals surface area contributed by atoms with Crippen molar-refractivity contribution in [3.05, 3.63) is 47.1 Å². The molecule has 1 aliphatic carbocycles. The number of ether oxygens (including phenoxy) is 1. The molecule has 0 radical (unpaired) electrons. The molecule has 1 aromatic carbocycles. The lowest BCUT2D eigenvalue weighted by atomic mass is 9.84. The summed E-state index contributed by atoms with van der Waals surface area (Å²) in [5.41, 5.74) is 0.991. The highest BCUT2D eigenvalue weighted by atomic mass is 79.9. The van der Waals surface area contributed by atoms with Gasteiger partial charge in [0.1, 0.15) is 10.1 Å². The molecule has 1 saturated heterocycles. The normalized spacial score (nSPS) is 22.5. The van der Waals surface area contributed by atoms with Crippen molar-refractivity contribution in [1.29, 1.82) is 0 Å². The predicted octanol–water partition coefficient (Wildman–Crippen LogP) is 4.73. The second kappa shape index (κ2) is 9.23. The predicted molar refractivity (Wildman–Crippen MR) is 146 cm³/mol. The van der Waals surface area contributed by atoms with Gasteiger partial charge in [0.2, 0.25) is 11.9 Å². The van der Waals surface area contributed by atoms with Crippen LogP contribution in [0.5, 0.6) is 0 Å². The van der Waals surface area contributed by atoms with E-state index in [2.05, 4.69) is 43.2 Å². The van der Waals surface area contributed by atoms with Gasteiger partial charge in [0.15, 0.2) is 11.5 Å². The molecule has 4 aromatic rings. The zero-order valence-corrected chi connectivity index (χ0v) is 23.1. The van der Waals surface area contributed by atoms with E-state index in [1.165, 1.54) is 6.07 Å². The van der Waals surface area contributed by atoms with Crippen molar-refractivity contribution in [2.45, 2.75) is 39.2 Å². The Kier molecular flexibility index (Phi) is 6.10. The van der Waals surface area contributed by atoms with Crippen molar-refractivity contribution in [3.63, 3.8) is 0 Å². The number of rotatable bonds is 6. The number of nitrogens with zero attached hydrogens (tertiary/aromatic N) is 6. The molecular weight excluding hydrogens is 553 g/mol. The lowest BCUT2D eigenvalue weighted by Crippen LogP contribution is -2.51. The first-order valence-electron chi connectivity index (χ1n) is 12.7. The molecule has 6 rings (SSSR count). The van der Waals surface area contributed by atoms with Crippen LogP contribution in [-0.2, 0) is 9.53 Å². The van der Waals surface area contributed by atoms with E-state index in [0.717, 1.165) is 12.8 Å². The Morgan fingerprint density at radius 2 is 2.13 bits per heavy atom. The Bertz CT molecular complexity index is 1560. The van der Waals surface area contributed by atoms with E-state index in [-0.39, 0.29) is 17.4 Å². The highest BCUT2D eigenvalue weighted by Crippen LogP contribution is 2.41. The molecule has 0 spiro atoms. The largest absolute Gasteiger partial charge is 0.380 e. The average Bonchev–Trinajstić information content (AvgIpc) is 3.42. The smallest absolute Gasteiger partial charge is 0.228 e. The Labute approximate surface area is 227 Å². The molecule has 9 nitrogen and oxygen atoms in total. The number of aromatic nitrogens is 5. The van der Waals surface area contributed by atoms with Gasteiger partial charge in [0.05, 0.1) is 24.3 Å². The first-order chi connectivity index (χ1) is 18.1. The van der Waals surface area contributed by atoms with Crippen molar-refractivity contribution in [2.24, 2.45) is 10.8 Å². The van der Waals surface area contributed by atoms with Crippen LogP contribution >= 0.6 is 15.9 Å². The maximum absolute atomic E-state index is 14.8. The van der Waals surface area contributed by atoms with Gasteiger partial charge in [0, 0.05) is 54.3 Å². The summed E-state index contributed by atoms with van der Waals surface area (Å²) in [5, 5.41) is 9.36. The number of amides is 1. The van der Waals surface area contributed by atoms with Gasteiger partial charge in [-0.2, -0.15) is 10.1 Å². The average molecular weight is 582 g/mol. The van der Waals surface area contributed by atoms with E-state index >= 15 is 0 Å². The third-order valence-corrected chi connectivity index (χ3v) is 8.31. The maximum atomic E-state index is 14.8. The van der Waals surface area contributed by atoms with Crippen LogP contribution in [-0.4, -0.2) is 68.4 Å². The van der Waals surface area contributed by atoms with Gasteiger partial charge >= 0.3 is 0 Å². The molecule has 3 aromatic heterocycles. The summed E-state index contributed by atoms with van der Waals surface area (Å²) in [6.45, 7) is 6.29. The summed E-state index contributed by atoms with van der Waals surface area (Å²) in [6.07, 6.45) is 5.59. The number of fused-ring (bicyclic) bond motifs is 2. The summed E-state index contributed by atoms with van der Waals surface area (Å²) in [6, 6.07) is 6.88. The Balaban J connectivity index is 1.23. The zero-order chi connectivity index (χ0) is 26.7. The quantitative estimate of drug-likeness (QED) is 0.351. The Hall–Kier alpha value is -3.18. The summed E-state index contributed by atoms with van der Waals surface area (Å²) in [7, 11) is 1.89. The number of carbonyl (C=O) groups excluding carboxylic acids is 1. The van der Waals surface area contributed by atoms with Crippen LogP contribution in [0.4, 0.5) is 10.3 Å². The number of halogens is 2. The summed E-state index contributed by atoms with van der Waals surface area (Å²) < 4.78 is 22.3. The van der Waals surface area contributed by atoms with Gasteiger partial charge in [0.25, 0.3) is 0 Å². The molecule has 4 heterocycles. The number of anilines is 1. The van der Waals surface area contributed by atoms with Gasteiger partial charge in [-0.25, -0.2) is 14.1 Å². The molecule has 1 N–H and O–H groups in total. The van der Waals surface area contributed by atoms with E-state index in [4.69, 9.17) is 9.72 Å². The van der Waals surface area contributed by atoms with Crippen molar-refractivity contribution in [2.75, 3.05) is 32.1 Å².